The highest BCUT2D eigenvalue weighted by Gasteiger charge is 2.17. The van der Waals surface area contributed by atoms with E-state index in [4.69, 9.17) is 21.1 Å². The maximum Gasteiger partial charge on any atom is 0.345 e. The Kier molecular flexibility index (Phi) is 12.1. The first-order valence-electron chi connectivity index (χ1n) is 14.8. The molecule has 4 aromatic carbocycles. The SMILES string of the molecule is CCOc1cc(/C=N/NC(=O)/C(=C\c2ccc(N(CC)CC)cc2)NC(=O)c2ccccc2)ccc1OC(=O)c1ccccc1Cl. The summed E-state index contributed by atoms with van der Waals surface area (Å²) in [6.07, 6.45) is 3.00. The number of carbonyl (C=O) groups is 3. The number of esters is 1. The molecule has 0 aromatic heterocycles. The van der Waals surface area contributed by atoms with Gasteiger partial charge in [0.2, 0.25) is 0 Å². The van der Waals surface area contributed by atoms with E-state index in [0.717, 1.165) is 24.3 Å². The van der Waals surface area contributed by atoms with Crippen molar-refractivity contribution in [1.82, 2.24) is 10.7 Å². The van der Waals surface area contributed by atoms with E-state index in [-0.39, 0.29) is 22.0 Å². The van der Waals surface area contributed by atoms with Gasteiger partial charge < -0.3 is 19.7 Å². The lowest BCUT2D eigenvalue weighted by molar-refractivity contribution is -0.117. The fourth-order valence-electron chi connectivity index (χ4n) is 4.44. The number of amides is 2. The first kappa shape index (κ1) is 33.5. The summed E-state index contributed by atoms with van der Waals surface area (Å²) >= 11 is 6.14. The normalized spacial score (nSPS) is 11.2. The molecule has 236 valence electrons. The highest BCUT2D eigenvalue weighted by Crippen LogP contribution is 2.29. The second-order valence-electron chi connectivity index (χ2n) is 9.85. The molecule has 2 N–H and O–H groups in total. The van der Waals surface area contributed by atoms with E-state index in [1.54, 1.807) is 85.8 Å². The molecule has 0 aliphatic heterocycles. The van der Waals surface area contributed by atoms with Crippen LogP contribution in [0.15, 0.2) is 108 Å². The van der Waals surface area contributed by atoms with Crippen LogP contribution in [0.4, 0.5) is 5.69 Å². The fourth-order valence-corrected chi connectivity index (χ4v) is 4.66. The molecule has 0 aliphatic carbocycles. The first-order chi connectivity index (χ1) is 22.3. The minimum Gasteiger partial charge on any atom is -0.490 e. The van der Waals surface area contributed by atoms with Crippen LogP contribution in [-0.2, 0) is 4.79 Å². The number of hydrogen-bond donors (Lipinski definition) is 2. The smallest absolute Gasteiger partial charge is 0.345 e. The molecule has 2 amide bonds. The van der Waals surface area contributed by atoms with Crippen molar-refractivity contribution < 1.29 is 23.9 Å². The third-order valence-electron chi connectivity index (χ3n) is 6.81. The van der Waals surface area contributed by atoms with Gasteiger partial charge in [0.25, 0.3) is 11.8 Å². The molecule has 0 bridgehead atoms. The Morgan fingerprint density at radius 1 is 0.826 bits per heavy atom. The van der Waals surface area contributed by atoms with Crippen molar-refractivity contribution in [2.24, 2.45) is 5.10 Å². The molecule has 0 heterocycles. The molecule has 46 heavy (non-hydrogen) atoms. The van der Waals surface area contributed by atoms with Gasteiger partial charge in [-0.05, 0) is 92.6 Å². The minimum absolute atomic E-state index is 0.0124. The van der Waals surface area contributed by atoms with Crippen LogP contribution in [0.25, 0.3) is 6.08 Å². The number of halogens is 1. The van der Waals surface area contributed by atoms with Crippen molar-refractivity contribution in [3.63, 3.8) is 0 Å². The van der Waals surface area contributed by atoms with E-state index in [2.05, 4.69) is 34.6 Å². The quantitative estimate of drug-likeness (QED) is 0.0553. The zero-order valence-electron chi connectivity index (χ0n) is 25.8. The Hall–Kier alpha value is -5.41. The van der Waals surface area contributed by atoms with E-state index in [1.165, 1.54) is 6.21 Å². The van der Waals surface area contributed by atoms with Crippen molar-refractivity contribution in [1.29, 1.82) is 0 Å². The summed E-state index contributed by atoms with van der Waals surface area (Å²) in [5.74, 6) is -1.17. The Morgan fingerprint density at radius 3 is 2.17 bits per heavy atom. The van der Waals surface area contributed by atoms with Gasteiger partial charge >= 0.3 is 5.97 Å². The molecule has 0 fully saturated rings. The molecular formula is C36H35ClN4O5. The zero-order valence-corrected chi connectivity index (χ0v) is 26.6. The molecule has 0 unspecified atom stereocenters. The van der Waals surface area contributed by atoms with Crippen molar-refractivity contribution in [2.45, 2.75) is 20.8 Å². The number of hydrazone groups is 1. The Labute approximate surface area is 273 Å². The van der Waals surface area contributed by atoms with E-state index < -0.39 is 17.8 Å². The monoisotopic (exact) mass is 638 g/mol. The first-order valence-corrected chi connectivity index (χ1v) is 15.2. The molecule has 9 nitrogen and oxygen atoms in total. The molecular weight excluding hydrogens is 604 g/mol. The van der Waals surface area contributed by atoms with Gasteiger partial charge in [-0.3, -0.25) is 9.59 Å². The van der Waals surface area contributed by atoms with E-state index in [0.29, 0.717) is 23.5 Å². The standard InChI is InChI=1S/C36H35ClN4O5/c1-4-41(5-2)28-19-16-25(17-20-28)22-31(39-34(42)27-12-8-7-9-13-27)35(43)40-38-24-26-18-21-32(33(23-26)45-6-3)46-36(44)29-14-10-11-15-30(29)37/h7-24H,4-6H2,1-3H3,(H,39,42)(H,40,43)/b31-22+,38-24+. The molecule has 10 heteroatoms. The van der Waals surface area contributed by atoms with Gasteiger partial charge in [0.15, 0.2) is 11.5 Å². The summed E-state index contributed by atoms with van der Waals surface area (Å²) in [5, 5.41) is 7.07. The Morgan fingerprint density at radius 2 is 1.50 bits per heavy atom. The number of anilines is 1. The predicted molar refractivity (Wildman–Crippen MR) is 182 cm³/mol. The Balaban J connectivity index is 1.52. The zero-order chi connectivity index (χ0) is 32.9. The van der Waals surface area contributed by atoms with Gasteiger partial charge in [0, 0.05) is 24.3 Å². The summed E-state index contributed by atoms with van der Waals surface area (Å²) in [6, 6.07) is 27.7. The highest BCUT2D eigenvalue weighted by atomic mass is 35.5. The highest BCUT2D eigenvalue weighted by molar-refractivity contribution is 6.33. The number of benzene rings is 4. The minimum atomic E-state index is -0.625. The molecule has 0 spiro atoms. The summed E-state index contributed by atoms with van der Waals surface area (Å²) in [6.45, 7) is 8.03. The third-order valence-corrected chi connectivity index (χ3v) is 7.13. The largest absolute Gasteiger partial charge is 0.490 e. The molecule has 0 aliphatic rings. The van der Waals surface area contributed by atoms with E-state index in [9.17, 15) is 14.4 Å². The lowest BCUT2D eigenvalue weighted by atomic mass is 10.1. The van der Waals surface area contributed by atoms with Crippen molar-refractivity contribution in [3.8, 4) is 11.5 Å². The number of carbonyl (C=O) groups excluding carboxylic acids is 3. The van der Waals surface area contributed by atoms with Gasteiger partial charge in [-0.1, -0.05) is 54.1 Å². The number of nitrogens with zero attached hydrogens (tertiary/aromatic N) is 2. The third kappa shape index (κ3) is 9.06. The number of nitrogens with one attached hydrogen (secondary N) is 2. The van der Waals surface area contributed by atoms with Gasteiger partial charge in [-0.25, -0.2) is 10.2 Å². The van der Waals surface area contributed by atoms with Gasteiger partial charge in [-0.15, -0.1) is 0 Å². The van der Waals surface area contributed by atoms with Gasteiger partial charge in [-0.2, -0.15) is 5.10 Å². The molecule has 0 radical (unpaired) electrons. The van der Waals surface area contributed by atoms with Crippen LogP contribution in [0.5, 0.6) is 11.5 Å². The van der Waals surface area contributed by atoms with Crippen LogP contribution >= 0.6 is 11.6 Å². The molecule has 0 saturated heterocycles. The van der Waals surface area contributed by atoms with Crippen LogP contribution < -0.4 is 25.1 Å². The average molecular weight is 639 g/mol. The number of hydrogen-bond acceptors (Lipinski definition) is 7. The van der Waals surface area contributed by atoms with Crippen LogP contribution in [0.1, 0.15) is 52.6 Å². The molecule has 4 rings (SSSR count). The van der Waals surface area contributed by atoms with Crippen molar-refractivity contribution >= 4 is 47.4 Å². The molecule has 4 aromatic rings. The summed E-state index contributed by atoms with van der Waals surface area (Å²) < 4.78 is 11.2. The van der Waals surface area contributed by atoms with Crippen LogP contribution in [0.2, 0.25) is 5.02 Å². The molecule has 0 atom stereocenters. The second kappa shape index (κ2) is 16.6. The molecule has 0 saturated carbocycles. The number of rotatable bonds is 13. The fraction of sp³-hybridized carbons (Fsp3) is 0.167. The summed E-state index contributed by atoms with van der Waals surface area (Å²) in [5.41, 5.74) is 5.46. The lowest BCUT2D eigenvalue weighted by Crippen LogP contribution is -2.32. The van der Waals surface area contributed by atoms with Gasteiger partial charge in [0.1, 0.15) is 5.70 Å². The second-order valence-corrected chi connectivity index (χ2v) is 10.3. The van der Waals surface area contributed by atoms with Crippen LogP contribution in [0, 0.1) is 0 Å². The lowest BCUT2D eigenvalue weighted by Gasteiger charge is -2.21. The van der Waals surface area contributed by atoms with Crippen LogP contribution in [-0.4, -0.2) is 43.7 Å². The Bertz CT molecular complexity index is 1720. The topological polar surface area (TPSA) is 109 Å². The predicted octanol–water partition coefficient (Wildman–Crippen LogP) is 6.73. The van der Waals surface area contributed by atoms with Crippen molar-refractivity contribution in [3.05, 3.63) is 130 Å². The maximum absolute atomic E-state index is 13.3. The maximum atomic E-state index is 13.3. The average Bonchev–Trinajstić information content (AvgIpc) is 3.07. The van der Waals surface area contributed by atoms with E-state index in [1.807, 2.05) is 24.3 Å². The number of ether oxygens (including phenoxy) is 2. The summed E-state index contributed by atoms with van der Waals surface area (Å²) in [4.78, 5) is 41.1. The van der Waals surface area contributed by atoms with Gasteiger partial charge in [0.05, 0.1) is 23.4 Å². The van der Waals surface area contributed by atoms with E-state index >= 15 is 0 Å². The van der Waals surface area contributed by atoms with Crippen LogP contribution in [0.3, 0.4) is 0 Å². The van der Waals surface area contributed by atoms with Crippen molar-refractivity contribution in [2.75, 3.05) is 24.6 Å². The summed E-state index contributed by atoms with van der Waals surface area (Å²) in [7, 11) is 0.